The molecule has 0 spiro atoms. The van der Waals surface area contributed by atoms with Gasteiger partial charge in [-0.15, -0.1) is 0 Å². The molecule has 16 heavy (non-hydrogen) atoms. The van der Waals surface area contributed by atoms with E-state index >= 15 is 0 Å². The minimum atomic E-state index is -0.0237. The second-order valence-electron chi connectivity index (χ2n) is 4.77. The van der Waals surface area contributed by atoms with Crippen LogP contribution in [0.15, 0.2) is 0 Å². The van der Waals surface area contributed by atoms with Gasteiger partial charge in [-0.1, -0.05) is 20.3 Å². The molecule has 1 aliphatic rings. The van der Waals surface area contributed by atoms with Crippen LogP contribution < -0.4 is 5.32 Å². The zero-order valence-electron chi connectivity index (χ0n) is 10.6. The molecule has 2 N–H and O–H groups in total. The molecule has 1 rings (SSSR count). The van der Waals surface area contributed by atoms with E-state index in [0.717, 1.165) is 19.3 Å². The minimum Gasteiger partial charge on any atom is -0.395 e. The molecular weight excluding hydrogens is 204 g/mol. The van der Waals surface area contributed by atoms with E-state index in [4.69, 9.17) is 5.11 Å². The Balaban J connectivity index is 2.41. The molecule has 1 fully saturated rings. The van der Waals surface area contributed by atoms with Crippen LogP contribution in [0.1, 0.15) is 40.0 Å². The van der Waals surface area contributed by atoms with E-state index in [-0.39, 0.29) is 18.7 Å². The molecule has 1 saturated carbocycles. The van der Waals surface area contributed by atoms with Gasteiger partial charge >= 0.3 is 6.03 Å². The van der Waals surface area contributed by atoms with Crippen LogP contribution in [-0.4, -0.2) is 41.3 Å². The van der Waals surface area contributed by atoms with E-state index in [1.807, 2.05) is 6.92 Å². The number of nitrogens with one attached hydrogen (secondary N) is 1. The quantitative estimate of drug-likeness (QED) is 0.725. The normalized spacial score (nSPS) is 19.0. The Morgan fingerprint density at radius 2 is 2.12 bits per heavy atom. The van der Waals surface area contributed by atoms with Crippen LogP contribution >= 0.6 is 0 Å². The number of hydrogen-bond donors (Lipinski definition) is 2. The number of rotatable bonds is 6. The van der Waals surface area contributed by atoms with Crippen LogP contribution in [0.3, 0.4) is 0 Å². The molecule has 0 aromatic carbocycles. The lowest BCUT2D eigenvalue weighted by Crippen LogP contribution is -2.47. The van der Waals surface area contributed by atoms with Crippen molar-refractivity contribution in [3.63, 3.8) is 0 Å². The number of nitrogens with zero attached hydrogens (tertiary/aromatic N) is 1. The molecule has 0 radical (unpaired) electrons. The molecule has 94 valence electrons. The van der Waals surface area contributed by atoms with Crippen molar-refractivity contribution in [2.24, 2.45) is 5.92 Å². The van der Waals surface area contributed by atoms with Gasteiger partial charge in [0.15, 0.2) is 0 Å². The monoisotopic (exact) mass is 228 g/mol. The van der Waals surface area contributed by atoms with Gasteiger partial charge in [-0.05, 0) is 25.7 Å². The third kappa shape index (κ3) is 3.67. The van der Waals surface area contributed by atoms with Gasteiger partial charge in [-0.3, -0.25) is 0 Å². The highest BCUT2D eigenvalue weighted by molar-refractivity contribution is 5.75. The van der Waals surface area contributed by atoms with Crippen LogP contribution in [0.2, 0.25) is 0 Å². The first-order valence-electron chi connectivity index (χ1n) is 6.28. The van der Waals surface area contributed by atoms with Gasteiger partial charge in [-0.2, -0.15) is 0 Å². The van der Waals surface area contributed by atoms with E-state index in [2.05, 4.69) is 19.2 Å². The summed E-state index contributed by atoms with van der Waals surface area (Å²) < 4.78 is 0. The predicted molar refractivity (Wildman–Crippen MR) is 64.3 cm³/mol. The van der Waals surface area contributed by atoms with Crippen molar-refractivity contribution in [3.8, 4) is 0 Å². The van der Waals surface area contributed by atoms with Crippen LogP contribution in [0.25, 0.3) is 0 Å². The fraction of sp³-hybridized carbons (Fsp3) is 0.917. The minimum absolute atomic E-state index is 0.0237. The lowest BCUT2D eigenvalue weighted by Gasteiger charge is -2.26. The molecule has 4 nitrogen and oxygen atoms in total. The van der Waals surface area contributed by atoms with Crippen molar-refractivity contribution in [2.75, 3.05) is 13.2 Å². The van der Waals surface area contributed by atoms with E-state index in [1.165, 1.54) is 0 Å². The molecule has 2 amide bonds. The summed E-state index contributed by atoms with van der Waals surface area (Å²) >= 11 is 0. The third-order valence-corrected chi connectivity index (χ3v) is 3.44. The third-order valence-electron chi connectivity index (χ3n) is 3.44. The van der Waals surface area contributed by atoms with Crippen molar-refractivity contribution in [1.82, 2.24) is 10.2 Å². The van der Waals surface area contributed by atoms with Crippen LogP contribution in [0.4, 0.5) is 4.79 Å². The Bertz CT molecular complexity index is 229. The van der Waals surface area contributed by atoms with Crippen LogP contribution in [-0.2, 0) is 0 Å². The maximum Gasteiger partial charge on any atom is 0.317 e. The number of aliphatic hydroxyl groups is 1. The summed E-state index contributed by atoms with van der Waals surface area (Å²) in [5.74, 6) is 0.485. The van der Waals surface area contributed by atoms with Crippen molar-refractivity contribution in [2.45, 2.75) is 52.1 Å². The molecule has 0 saturated heterocycles. The summed E-state index contributed by atoms with van der Waals surface area (Å²) in [6.07, 6.45) is 3.21. The molecule has 2 atom stereocenters. The van der Waals surface area contributed by atoms with E-state index in [9.17, 15) is 4.79 Å². The fourth-order valence-electron chi connectivity index (χ4n) is 1.72. The SMILES string of the molecule is CCC(C)C(C)NC(=O)N(CCO)C1CC1. The Morgan fingerprint density at radius 1 is 1.50 bits per heavy atom. The highest BCUT2D eigenvalue weighted by Crippen LogP contribution is 2.26. The Hall–Kier alpha value is -0.770. The first kappa shape index (κ1) is 13.3. The number of urea groups is 1. The van der Waals surface area contributed by atoms with Crippen molar-refractivity contribution in [1.29, 1.82) is 0 Å². The molecule has 0 aromatic rings. The zero-order chi connectivity index (χ0) is 12.1. The van der Waals surface area contributed by atoms with E-state index in [1.54, 1.807) is 4.90 Å². The van der Waals surface area contributed by atoms with E-state index in [0.29, 0.717) is 18.5 Å². The van der Waals surface area contributed by atoms with Gasteiger partial charge in [0.2, 0.25) is 0 Å². The number of carbonyl (C=O) groups excluding carboxylic acids is 1. The average Bonchev–Trinajstić information content (AvgIpc) is 3.08. The maximum absolute atomic E-state index is 11.9. The Morgan fingerprint density at radius 3 is 2.56 bits per heavy atom. The summed E-state index contributed by atoms with van der Waals surface area (Å²) in [6, 6.07) is 0.526. The second kappa shape index (κ2) is 6.09. The molecule has 0 heterocycles. The summed E-state index contributed by atoms with van der Waals surface area (Å²) in [5.41, 5.74) is 0. The fourth-order valence-corrected chi connectivity index (χ4v) is 1.72. The lowest BCUT2D eigenvalue weighted by atomic mass is 10.0. The number of hydrogen-bond acceptors (Lipinski definition) is 2. The highest BCUT2D eigenvalue weighted by atomic mass is 16.3. The van der Waals surface area contributed by atoms with Gasteiger partial charge in [0.25, 0.3) is 0 Å². The summed E-state index contributed by atoms with van der Waals surface area (Å²) in [5, 5.41) is 11.9. The maximum atomic E-state index is 11.9. The Labute approximate surface area is 98.0 Å². The van der Waals surface area contributed by atoms with Crippen LogP contribution in [0, 0.1) is 5.92 Å². The molecule has 1 aliphatic carbocycles. The number of carbonyl (C=O) groups is 1. The van der Waals surface area contributed by atoms with Gasteiger partial charge in [0, 0.05) is 18.6 Å². The molecule has 0 aromatic heterocycles. The number of amides is 2. The zero-order valence-corrected chi connectivity index (χ0v) is 10.6. The predicted octanol–water partition coefficient (Wildman–Crippen LogP) is 1.59. The standard InChI is InChI=1S/C12H24N2O2/c1-4-9(2)10(3)13-12(16)14(7-8-15)11-5-6-11/h9-11,15H,4-8H2,1-3H3,(H,13,16). The van der Waals surface area contributed by atoms with Gasteiger partial charge in [0.1, 0.15) is 0 Å². The Kier molecular flexibility index (Phi) is 5.06. The van der Waals surface area contributed by atoms with Gasteiger partial charge in [0.05, 0.1) is 6.61 Å². The molecule has 2 unspecified atom stereocenters. The number of aliphatic hydroxyl groups excluding tert-OH is 1. The largest absolute Gasteiger partial charge is 0.395 e. The van der Waals surface area contributed by atoms with Gasteiger partial charge < -0.3 is 15.3 Å². The molecule has 4 heteroatoms. The first-order chi connectivity index (χ1) is 7.60. The topological polar surface area (TPSA) is 52.6 Å². The van der Waals surface area contributed by atoms with Crippen molar-refractivity contribution in [3.05, 3.63) is 0 Å². The summed E-state index contributed by atoms with van der Waals surface area (Å²) in [4.78, 5) is 13.7. The van der Waals surface area contributed by atoms with Gasteiger partial charge in [-0.25, -0.2) is 4.79 Å². The van der Waals surface area contributed by atoms with Crippen molar-refractivity contribution >= 4 is 6.03 Å². The smallest absolute Gasteiger partial charge is 0.317 e. The average molecular weight is 228 g/mol. The molecular formula is C12H24N2O2. The van der Waals surface area contributed by atoms with Crippen LogP contribution in [0.5, 0.6) is 0 Å². The van der Waals surface area contributed by atoms with Crippen molar-refractivity contribution < 1.29 is 9.90 Å². The lowest BCUT2D eigenvalue weighted by molar-refractivity contribution is 0.168. The summed E-state index contributed by atoms with van der Waals surface area (Å²) in [6.45, 7) is 6.79. The first-order valence-corrected chi connectivity index (χ1v) is 6.28. The second-order valence-corrected chi connectivity index (χ2v) is 4.77. The molecule has 0 aliphatic heterocycles. The summed E-state index contributed by atoms with van der Waals surface area (Å²) in [7, 11) is 0. The van der Waals surface area contributed by atoms with E-state index < -0.39 is 0 Å². The molecule has 0 bridgehead atoms. The highest BCUT2D eigenvalue weighted by Gasteiger charge is 2.32.